The highest BCUT2D eigenvalue weighted by atomic mass is 19.1. The summed E-state index contributed by atoms with van der Waals surface area (Å²) in [5, 5.41) is 16.9. The van der Waals surface area contributed by atoms with Gasteiger partial charge in [0.2, 0.25) is 0 Å². The summed E-state index contributed by atoms with van der Waals surface area (Å²) in [6, 6.07) is 6.11. The van der Waals surface area contributed by atoms with E-state index in [2.05, 4.69) is 26.4 Å². The summed E-state index contributed by atoms with van der Waals surface area (Å²) < 4.78 is 15.8. The number of halogens is 1. The molecular formula is C18H23FN6. The van der Waals surface area contributed by atoms with Gasteiger partial charge in [0.1, 0.15) is 12.2 Å². The quantitative estimate of drug-likeness (QED) is 0.903. The van der Waals surface area contributed by atoms with Gasteiger partial charge in [-0.3, -0.25) is 14.6 Å². The molecule has 1 saturated heterocycles. The summed E-state index contributed by atoms with van der Waals surface area (Å²) in [5.74, 6) is 0. The molecule has 0 spiro atoms. The molecule has 0 saturated carbocycles. The Morgan fingerprint density at radius 3 is 2.92 bits per heavy atom. The SMILES string of the molecule is Cc1cc(NC[C@@H]2C[C@H](F)CN2Cc2ccnn2C)c(C#N)c(C)n1. The van der Waals surface area contributed by atoms with Gasteiger partial charge in [-0.25, -0.2) is 4.39 Å². The lowest BCUT2D eigenvalue weighted by molar-refractivity contribution is 0.235. The van der Waals surface area contributed by atoms with Gasteiger partial charge >= 0.3 is 0 Å². The molecule has 0 aliphatic carbocycles. The lowest BCUT2D eigenvalue weighted by Crippen LogP contribution is -2.35. The minimum absolute atomic E-state index is 0.0743. The first-order valence-corrected chi connectivity index (χ1v) is 8.45. The van der Waals surface area contributed by atoms with Crippen LogP contribution >= 0.6 is 0 Å². The normalized spacial score (nSPS) is 20.6. The highest BCUT2D eigenvalue weighted by molar-refractivity contribution is 5.59. The predicted octanol–water partition coefficient (Wildman–Crippen LogP) is 2.33. The molecule has 0 bridgehead atoms. The van der Waals surface area contributed by atoms with Crippen molar-refractivity contribution in [2.45, 2.75) is 39.0 Å². The van der Waals surface area contributed by atoms with Gasteiger partial charge in [0.25, 0.3) is 0 Å². The number of rotatable bonds is 5. The van der Waals surface area contributed by atoms with E-state index in [1.54, 1.807) is 6.20 Å². The third-order valence-corrected chi connectivity index (χ3v) is 4.73. The fourth-order valence-corrected chi connectivity index (χ4v) is 3.43. The Balaban J connectivity index is 1.71. The lowest BCUT2D eigenvalue weighted by Gasteiger charge is -2.25. The highest BCUT2D eigenvalue weighted by Gasteiger charge is 2.32. The second kappa shape index (κ2) is 7.19. The zero-order valence-corrected chi connectivity index (χ0v) is 14.8. The monoisotopic (exact) mass is 342 g/mol. The molecule has 1 N–H and O–H groups in total. The number of pyridine rings is 1. The van der Waals surface area contributed by atoms with Gasteiger partial charge in [0, 0.05) is 44.6 Å². The Labute approximate surface area is 147 Å². The van der Waals surface area contributed by atoms with Crippen LogP contribution in [0.1, 0.15) is 29.1 Å². The third kappa shape index (κ3) is 3.80. The van der Waals surface area contributed by atoms with Crippen molar-refractivity contribution >= 4 is 5.69 Å². The largest absolute Gasteiger partial charge is 0.382 e. The second-order valence-electron chi connectivity index (χ2n) is 6.63. The van der Waals surface area contributed by atoms with E-state index >= 15 is 0 Å². The third-order valence-electron chi connectivity index (χ3n) is 4.73. The molecule has 1 fully saturated rings. The van der Waals surface area contributed by atoms with Crippen LogP contribution in [0.4, 0.5) is 10.1 Å². The van der Waals surface area contributed by atoms with Crippen LogP contribution in [-0.2, 0) is 13.6 Å². The van der Waals surface area contributed by atoms with Crippen molar-refractivity contribution < 1.29 is 4.39 Å². The summed E-state index contributed by atoms with van der Waals surface area (Å²) >= 11 is 0. The smallest absolute Gasteiger partial charge is 0.114 e. The van der Waals surface area contributed by atoms with E-state index in [0.717, 1.165) is 17.1 Å². The van der Waals surface area contributed by atoms with Crippen LogP contribution in [0, 0.1) is 25.2 Å². The molecule has 2 aromatic heterocycles. The number of nitrogens with zero attached hydrogens (tertiary/aromatic N) is 5. The van der Waals surface area contributed by atoms with Crippen LogP contribution in [0.2, 0.25) is 0 Å². The standard InChI is InChI=1S/C18H23FN6/c1-12-6-18(17(8-20)13(2)23-12)21-9-16-7-14(19)10-25(16)11-15-4-5-22-24(15)3/h4-6,14,16H,7,9-11H2,1-3H3,(H,21,23)/t14-,16-/m0/s1. The summed E-state index contributed by atoms with van der Waals surface area (Å²) in [5.41, 5.74) is 3.97. The molecule has 25 heavy (non-hydrogen) atoms. The molecule has 1 aliphatic heterocycles. The predicted molar refractivity (Wildman–Crippen MR) is 93.8 cm³/mol. The molecule has 132 valence electrons. The van der Waals surface area contributed by atoms with Gasteiger partial charge in [-0.15, -0.1) is 0 Å². The van der Waals surface area contributed by atoms with Crippen molar-refractivity contribution in [2.75, 3.05) is 18.4 Å². The number of anilines is 1. The van der Waals surface area contributed by atoms with Crippen molar-refractivity contribution in [3.63, 3.8) is 0 Å². The molecule has 1 aliphatic rings. The molecule has 2 aromatic rings. The van der Waals surface area contributed by atoms with Gasteiger partial charge < -0.3 is 5.32 Å². The number of hydrogen-bond acceptors (Lipinski definition) is 5. The summed E-state index contributed by atoms with van der Waals surface area (Å²) in [6.07, 6.45) is 1.43. The van der Waals surface area contributed by atoms with E-state index in [1.807, 2.05) is 37.7 Å². The number of aromatic nitrogens is 3. The van der Waals surface area contributed by atoms with E-state index in [1.165, 1.54) is 0 Å². The van der Waals surface area contributed by atoms with Crippen LogP contribution in [0.25, 0.3) is 0 Å². The average molecular weight is 342 g/mol. The first-order chi connectivity index (χ1) is 12.0. The van der Waals surface area contributed by atoms with Gasteiger partial charge in [0.15, 0.2) is 0 Å². The molecule has 3 heterocycles. The number of hydrogen-bond donors (Lipinski definition) is 1. The first-order valence-electron chi connectivity index (χ1n) is 8.45. The zero-order valence-electron chi connectivity index (χ0n) is 14.8. The van der Waals surface area contributed by atoms with Gasteiger partial charge in [-0.2, -0.15) is 10.4 Å². The summed E-state index contributed by atoms with van der Waals surface area (Å²) in [4.78, 5) is 6.47. The molecule has 6 nitrogen and oxygen atoms in total. The molecule has 0 radical (unpaired) electrons. The minimum atomic E-state index is -0.823. The molecule has 7 heteroatoms. The fraction of sp³-hybridized carbons (Fsp3) is 0.500. The molecule has 0 amide bonds. The van der Waals surface area contributed by atoms with Gasteiger partial charge in [0.05, 0.1) is 22.6 Å². The lowest BCUT2D eigenvalue weighted by atomic mass is 10.1. The van der Waals surface area contributed by atoms with Crippen LogP contribution in [0.5, 0.6) is 0 Å². The molecule has 0 aromatic carbocycles. The highest BCUT2D eigenvalue weighted by Crippen LogP contribution is 2.24. The van der Waals surface area contributed by atoms with E-state index in [-0.39, 0.29) is 6.04 Å². The van der Waals surface area contributed by atoms with E-state index < -0.39 is 6.17 Å². The number of nitrogens with one attached hydrogen (secondary N) is 1. The zero-order chi connectivity index (χ0) is 18.0. The van der Waals surface area contributed by atoms with Crippen LogP contribution in [0.15, 0.2) is 18.3 Å². The topological polar surface area (TPSA) is 69.8 Å². The van der Waals surface area contributed by atoms with Crippen molar-refractivity contribution in [3.05, 3.63) is 41.0 Å². The number of alkyl halides is 1. The second-order valence-corrected chi connectivity index (χ2v) is 6.63. The first kappa shape index (κ1) is 17.4. The molecule has 0 unspecified atom stereocenters. The molecule has 3 rings (SSSR count). The van der Waals surface area contributed by atoms with E-state index in [4.69, 9.17) is 0 Å². The molecular weight excluding hydrogens is 319 g/mol. The summed E-state index contributed by atoms with van der Waals surface area (Å²) in [7, 11) is 1.90. The van der Waals surface area contributed by atoms with Crippen LogP contribution in [-0.4, -0.2) is 45.0 Å². The molecule has 2 atom stereocenters. The van der Waals surface area contributed by atoms with Crippen molar-refractivity contribution in [2.24, 2.45) is 7.05 Å². The van der Waals surface area contributed by atoms with Crippen molar-refractivity contribution in [1.29, 1.82) is 5.26 Å². The maximum absolute atomic E-state index is 14.0. The van der Waals surface area contributed by atoms with E-state index in [9.17, 15) is 9.65 Å². The summed E-state index contributed by atoms with van der Waals surface area (Å²) in [6.45, 7) is 5.43. The Morgan fingerprint density at radius 2 is 2.24 bits per heavy atom. The number of aryl methyl sites for hydroxylation is 3. The average Bonchev–Trinajstić information content (AvgIpc) is 3.11. The minimum Gasteiger partial charge on any atom is -0.382 e. The maximum Gasteiger partial charge on any atom is 0.114 e. The van der Waals surface area contributed by atoms with Crippen LogP contribution < -0.4 is 5.32 Å². The number of likely N-dealkylation sites (tertiary alicyclic amines) is 1. The Bertz CT molecular complexity index is 793. The van der Waals surface area contributed by atoms with Crippen molar-refractivity contribution in [1.82, 2.24) is 19.7 Å². The van der Waals surface area contributed by atoms with Crippen LogP contribution in [0.3, 0.4) is 0 Å². The van der Waals surface area contributed by atoms with Crippen molar-refractivity contribution in [3.8, 4) is 6.07 Å². The Hall–Kier alpha value is -2.46. The van der Waals surface area contributed by atoms with Gasteiger partial charge in [-0.05, 0) is 32.4 Å². The van der Waals surface area contributed by atoms with Gasteiger partial charge in [-0.1, -0.05) is 0 Å². The number of nitriles is 1. The fourth-order valence-electron chi connectivity index (χ4n) is 3.43. The Morgan fingerprint density at radius 1 is 1.44 bits per heavy atom. The maximum atomic E-state index is 14.0. The van der Waals surface area contributed by atoms with E-state index in [0.29, 0.717) is 37.3 Å². The Kier molecular flexibility index (Phi) is 5.00.